The molecule has 118 valence electrons. The van der Waals surface area contributed by atoms with Crippen molar-refractivity contribution in [2.75, 3.05) is 19.6 Å². The fraction of sp³-hybridized carbons (Fsp3) is 0.625. The van der Waals surface area contributed by atoms with Gasteiger partial charge in [-0.2, -0.15) is 4.31 Å². The largest absolute Gasteiger partial charge is 0.310 e. The zero-order valence-corrected chi connectivity index (χ0v) is 14.0. The monoisotopic (exact) mass is 310 g/mol. The Bertz CT molecular complexity index is 546. The molecule has 2 rings (SSSR count). The van der Waals surface area contributed by atoms with E-state index in [9.17, 15) is 8.42 Å². The molecule has 21 heavy (non-hydrogen) atoms. The molecule has 1 fully saturated rings. The SMILES string of the molecule is CCNC(C)c1ccc(S(=O)(=O)N2CCC(C)CC2)cc1. The van der Waals surface area contributed by atoms with Crippen LogP contribution in [-0.2, 0) is 10.0 Å². The lowest BCUT2D eigenvalue weighted by Gasteiger charge is -2.29. The lowest BCUT2D eigenvalue weighted by Crippen LogP contribution is -2.37. The van der Waals surface area contributed by atoms with Crippen molar-refractivity contribution in [1.29, 1.82) is 0 Å². The van der Waals surface area contributed by atoms with Gasteiger partial charge >= 0.3 is 0 Å². The van der Waals surface area contributed by atoms with Gasteiger partial charge in [-0.1, -0.05) is 26.0 Å². The zero-order chi connectivity index (χ0) is 15.5. The van der Waals surface area contributed by atoms with Crippen LogP contribution in [0.1, 0.15) is 45.2 Å². The molecule has 1 heterocycles. The topological polar surface area (TPSA) is 49.4 Å². The molecular weight excluding hydrogens is 284 g/mol. The molecule has 0 saturated carbocycles. The van der Waals surface area contributed by atoms with Crippen molar-refractivity contribution in [3.8, 4) is 0 Å². The van der Waals surface area contributed by atoms with E-state index in [4.69, 9.17) is 0 Å². The summed E-state index contributed by atoms with van der Waals surface area (Å²) in [7, 11) is -3.33. The third-order valence-electron chi connectivity index (χ3n) is 4.27. The van der Waals surface area contributed by atoms with Gasteiger partial charge in [0.15, 0.2) is 0 Å². The van der Waals surface area contributed by atoms with Gasteiger partial charge in [-0.15, -0.1) is 0 Å². The molecule has 0 radical (unpaired) electrons. The maximum atomic E-state index is 12.6. The summed E-state index contributed by atoms with van der Waals surface area (Å²) in [5, 5.41) is 3.33. The molecule has 1 aromatic rings. The molecule has 5 heteroatoms. The summed E-state index contributed by atoms with van der Waals surface area (Å²) in [5.74, 6) is 0.625. The van der Waals surface area contributed by atoms with E-state index in [0.717, 1.165) is 24.9 Å². The highest BCUT2D eigenvalue weighted by atomic mass is 32.2. The Hall–Kier alpha value is -0.910. The van der Waals surface area contributed by atoms with Crippen molar-refractivity contribution in [3.05, 3.63) is 29.8 Å². The number of hydrogen-bond donors (Lipinski definition) is 1. The van der Waals surface area contributed by atoms with Crippen molar-refractivity contribution >= 4 is 10.0 Å². The molecule has 0 aliphatic carbocycles. The molecule has 1 saturated heterocycles. The summed E-state index contributed by atoms with van der Waals surface area (Å²) in [6, 6.07) is 7.52. The first kappa shape index (κ1) is 16.5. The van der Waals surface area contributed by atoms with Crippen LogP contribution in [-0.4, -0.2) is 32.4 Å². The van der Waals surface area contributed by atoms with Crippen molar-refractivity contribution in [1.82, 2.24) is 9.62 Å². The van der Waals surface area contributed by atoms with Gasteiger partial charge in [-0.05, 0) is 49.9 Å². The lowest BCUT2D eigenvalue weighted by molar-refractivity contribution is 0.288. The van der Waals surface area contributed by atoms with Crippen LogP contribution in [0.3, 0.4) is 0 Å². The summed E-state index contributed by atoms with van der Waals surface area (Å²) < 4.78 is 26.8. The Kier molecular flexibility index (Phi) is 5.41. The molecule has 4 nitrogen and oxygen atoms in total. The second-order valence-corrected chi connectivity index (χ2v) is 7.87. The molecule has 0 spiro atoms. The van der Waals surface area contributed by atoms with Gasteiger partial charge in [0.05, 0.1) is 4.90 Å². The molecule has 1 aromatic carbocycles. The number of nitrogens with zero attached hydrogens (tertiary/aromatic N) is 1. The van der Waals surface area contributed by atoms with Crippen LogP contribution in [0.5, 0.6) is 0 Å². The van der Waals surface area contributed by atoms with Crippen LogP contribution < -0.4 is 5.32 Å². The van der Waals surface area contributed by atoms with E-state index < -0.39 is 10.0 Å². The third kappa shape index (κ3) is 3.84. The van der Waals surface area contributed by atoms with Crippen LogP contribution in [0.2, 0.25) is 0 Å². The van der Waals surface area contributed by atoms with Crippen molar-refractivity contribution < 1.29 is 8.42 Å². The van der Waals surface area contributed by atoms with Crippen LogP contribution in [0.15, 0.2) is 29.2 Å². The van der Waals surface area contributed by atoms with E-state index in [1.54, 1.807) is 16.4 Å². The third-order valence-corrected chi connectivity index (χ3v) is 6.18. The summed E-state index contributed by atoms with van der Waals surface area (Å²) in [5.41, 5.74) is 1.11. The van der Waals surface area contributed by atoms with Crippen molar-refractivity contribution in [3.63, 3.8) is 0 Å². The molecule has 1 aliphatic heterocycles. The van der Waals surface area contributed by atoms with Crippen LogP contribution in [0.25, 0.3) is 0 Å². The fourth-order valence-electron chi connectivity index (χ4n) is 2.73. The number of sulfonamides is 1. The minimum absolute atomic E-state index is 0.239. The Balaban J connectivity index is 2.13. The Labute approximate surface area is 128 Å². The number of hydrogen-bond acceptors (Lipinski definition) is 3. The highest BCUT2D eigenvalue weighted by molar-refractivity contribution is 7.89. The predicted octanol–water partition coefficient (Wildman–Crippen LogP) is 2.78. The maximum absolute atomic E-state index is 12.6. The first-order chi connectivity index (χ1) is 9.95. The minimum Gasteiger partial charge on any atom is -0.310 e. The van der Waals surface area contributed by atoms with Crippen LogP contribution >= 0.6 is 0 Å². The lowest BCUT2D eigenvalue weighted by atomic mass is 10.0. The first-order valence-corrected chi connectivity index (χ1v) is 9.22. The van der Waals surface area contributed by atoms with E-state index in [0.29, 0.717) is 23.9 Å². The quantitative estimate of drug-likeness (QED) is 0.910. The summed E-state index contributed by atoms with van der Waals surface area (Å²) in [4.78, 5) is 0.407. The van der Waals surface area contributed by atoms with Gasteiger partial charge in [-0.25, -0.2) is 8.42 Å². The molecule has 0 bridgehead atoms. The van der Waals surface area contributed by atoms with E-state index in [2.05, 4.69) is 26.1 Å². The number of benzene rings is 1. The molecule has 1 N–H and O–H groups in total. The summed E-state index contributed by atoms with van der Waals surface area (Å²) >= 11 is 0. The number of rotatable bonds is 5. The predicted molar refractivity (Wildman–Crippen MR) is 85.7 cm³/mol. The second-order valence-electron chi connectivity index (χ2n) is 5.94. The second kappa shape index (κ2) is 6.90. The van der Waals surface area contributed by atoms with Gasteiger partial charge in [-0.3, -0.25) is 0 Å². The minimum atomic E-state index is -3.33. The molecule has 1 atom stereocenters. The number of nitrogens with one attached hydrogen (secondary N) is 1. The van der Waals surface area contributed by atoms with E-state index in [1.807, 2.05) is 12.1 Å². The molecule has 1 unspecified atom stereocenters. The van der Waals surface area contributed by atoms with Gasteiger partial charge in [0, 0.05) is 19.1 Å². The van der Waals surface area contributed by atoms with E-state index in [1.165, 1.54) is 0 Å². The Morgan fingerprint density at radius 2 is 1.81 bits per heavy atom. The van der Waals surface area contributed by atoms with Gasteiger partial charge in [0.1, 0.15) is 0 Å². The Morgan fingerprint density at radius 1 is 1.24 bits per heavy atom. The zero-order valence-electron chi connectivity index (χ0n) is 13.2. The molecule has 1 aliphatic rings. The van der Waals surface area contributed by atoms with Gasteiger partial charge in [0.25, 0.3) is 0 Å². The fourth-order valence-corrected chi connectivity index (χ4v) is 4.20. The van der Waals surface area contributed by atoms with E-state index in [-0.39, 0.29) is 6.04 Å². The van der Waals surface area contributed by atoms with Crippen molar-refractivity contribution in [2.45, 2.75) is 44.6 Å². The van der Waals surface area contributed by atoms with Gasteiger partial charge < -0.3 is 5.32 Å². The average molecular weight is 310 g/mol. The number of piperidine rings is 1. The highest BCUT2D eigenvalue weighted by Crippen LogP contribution is 2.24. The highest BCUT2D eigenvalue weighted by Gasteiger charge is 2.27. The van der Waals surface area contributed by atoms with E-state index >= 15 is 0 Å². The van der Waals surface area contributed by atoms with Crippen LogP contribution in [0.4, 0.5) is 0 Å². The van der Waals surface area contributed by atoms with Gasteiger partial charge in [0.2, 0.25) is 10.0 Å². The smallest absolute Gasteiger partial charge is 0.243 e. The molecular formula is C16H26N2O2S. The molecule has 0 amide bonds. The van der Waals surface area contributed by atoms with Crippen LogP contribution in [0, 0.1) is 5.92 Å². The molecule has 0 aromatic heterocycles. The Morgan fingerprint density at radius 3 is 2.33 bits per heavy atom. The average Bonchev–Trinajstić information content (AvgIpc) is 2.48. The summed E-state index contributed by atoms with van der Waals surface area (Å²) in [6.45, 7) is 8.50. The first-order valence-electron chi connectivity index (χ1n) is 7.78. The normalized spacial score (nSPS) is 19.6. The maximum Gasteiger partial charge on any atom is 0.243 e. The standard InChI is InChI=1S/C16H26N2O2S/c1-4-17-14(3)15-5-7-16(8-6-15)21(19,20)18-11-9-13(2)10-12-18/h5-8,13-14,17H,4,9-12H2,1-3H3. The van der Waals surface area contributed by atoms with Crippen molar-refractivity contribution in [2.24, 2.45) is 5.92 Å². The summed E-state index contributed by atoms with van der Waals surface area (Å²) in [6.07, 6.45) is 1.91.